The second-order valence-electron chi connectivity index (χ2n) is 7.32. The van der Waals surface area contributed by atoms with E-state index in [-0.39, 0.29) is 23.7 Å². The summed E-state index contributed by atoms with van der Waals surface area (Å²) in [6, 6.07) is 12.0. The van der Waals surface area contributed by atoms with Crippen LogP contribution in [0.3, 0.4) is 0 Å². The Balaban J connectivity index is 1.52. The highest BCUT2D eigenvalue weighted by molar-refractivity contribution is 5.92. The molecule has 1 atom stereocenters. The molecule has 1 saturated heterocycles. The van der Waals surface area contributed by atoms with Crippen molar-refractivity contribution >= 4 is 5.91 Å². The number of aryl methyl sites for hydroxylation is 1. The Morgan fingerprint density at radius 2 is 1.77 bits per heavy atom. The van der Waals surface area contributed by atoms with Gasteiger partial charge in [-0.3, -0.25) is 9.69 Å². The molecule has 31 heavy (non-hydrogen) atoms. The topological polar surface area (TPSA) is 85.6 Å². The third-order valence-corrected chi connectivity index (χ3v) is 5.48. The summed E-state index contributed by atoms with van der Waals surface area (Å²) in [5.74, 6) is 1.12. The van der Waals surface area contributed by atoms with Gasteiger partial charge in [0.2, 0.25) is 5.88 Å². The number of rotatable bonds is 6. The summed E-state index contributed by atoms with van der Waals surface area (Å²) in [4.78, 5) is 30.1. The fraction of sp³-hybridized carbons (Fsp3) is 0.364. The largest absolute Gasteiger partial charge is 0.481 e. The number of ether oxygens (including phenoxy) is 2. The molecule has 0 bridgehead atoms. The van der Waals surface area contributed by atoms with Crippen molar-refractivity contribution in [3.63, 3.8) is 0 Å². The third kappa shape index (κ3) is 4.36. The molecule has 0 aliphatic carbocycles. The van der Waals surface area contributed by atoms with Crippen LogP contribution in [0.1, 0.15) is 27.9 Å². The van der Waals surface area contributed by atoms with Crippen molar-refractivity contribution in [2.45, 2.75) is 6.04 Å². The minimum atomic E-state index is -0.160. The number of benzene rings is 1. The SMILES string of the molecule is COc1cc(C(=O)N2CCN(C(c3ccccc3)c3nccn3C)CC2)nc(OC)n1. The van der Waals surface area contributed by atoms with E-state index >= 15 is 0 Å². The van der Waals surface area contributed by atoms with Crippen LogP contribution in [-0.2, 0) is 7.05 Å². The normalized spacial score (nSPS) is 15.5. The molecular formula is C22H26N6O3. The summed E-state index contributed by atoms with van der Waals surface area (Å²) in [6.45, 7) is 2.61. The molecule has 9 heteroatoms. The van der Waals surface area contributed by atoms with Crippen LogP contribution >= 0.6 is 0 Å². The molecule has 1 fully saturated rings. The van der Waals surface area contributed by atoms with Gasteiger partial charge in [-0.2, -0.15) is 9.97 Å². The highest BCUT2D eigenvalue weighted by Crippen LogP contribution is 2.28. The zero-order valence-electron chi connectivity index (χ0n) is 17.9. The Kier molecular flexibility index (Phi) is 6.13. The lowest BCUT2D eigenvalue weighted by atomic mass is 10.0. The van der Waals surface area contributed by atoms with Gasteiger partial charge in [0.1, 0.15) is 11.5 Å². The van der Waals surface area contributed by atoms with Gasteiger partial charge in [-0.05, 0) is 5.56 Å². The monoisotopic (exact) mass is 422 g/mol. The molecule has 1 aliphatic heterocycles. The van der Waals surface area contributed by atoms with Crippen LogP contribution in [0.2, 0.25) is 0 Å². The van der Waals surface area contributed by atoms with E-state index in [9.17, 15) is 4.79 Å². The van der Waals surface area contributed by atoms with E-state index in [1.165, 1.54) is 25.8 Å². The molecule has 0 spiro atoms. The predicted molar refractivity (Wildman–Crippen MR) is 114 cm³/mol. The molecule has 0 radical (unpaired) electrons. The molecule has 1 unspecified atom stereocenters. The molecule has 0 N–H and O–H groups in total. The molecule has 1 aromatic carbocycles. The van der Waals surface area contributed by atoms with Gasteiger partial charge in [-0.1, -0.05) is 30.3 Å². The van der Waals surface area contributed by atoms with Crippen LogP contribution < -0.4 is 9.47 Å². The Hall–Kier alpha value is -3.46. The Bertz CT molecular complexity index is 1010. The average Bonchev–Trinajstić information content (AvgIpc) is 3.24. The van der Waals surface area contributed by atoms with Crippen molar-refractivity contribution in [1.82, 2.24) is 29.3 Å². The summed E-state index contributed by atoms with van der Waals surface area (Å²) >= 11 is 0. The molecule has 1 aliphatic rings. The summed E-state index contributed by atoms with van der Waals surface area (Å²) in [7, 11) is 4.97. The average molecular weight is 422 g/mol. The number of amides is 1. The second-order valence-corrected chi connectivity index (χ2v) is 7.32. The van der Waals surface area contributed by atoms with E-state index in [0.29, 0.717) is 19.0 Å². The highest BCUT2D eigenvalue weighted by Gasteiger charge is 2.31. The standard InChI is InChI=1S/C22H26N6O3/c1-26-10-9-23-20(26)19(16-7-5-4-6-8-16)27-11-13-28(14-12-27)21(29)17-15-18(30-2)25-22(24-17)31-3/h4-10,15,19H,11-14H2,1-3H3. The molecule has 1 amide bonds. The summed E-state index contributed by atoms with van der Waals surface area (Å²) in [5.41, 5.74) is 1.45. The maximum atomic E-state index is 13.1. The number of methoxy groups -OCH3 is 2. The fourth-order valence-corrected chi connectivity index (χ4v) is 3.85. The van der Waals surface area contributed by atoms with Crippen molar-refractivity contribution in [1.29, 1.82) is 0 Å². The van der Waals surface area contributed by atoms with Crippen molar-refractivity contribution in [2.24, 2.45) is 7.05 Å². The maximum Gasteiger partial charge on any atom is 0.320 e. The van der Waals surface area contributed by atoms with Crippen molar-refractivity contribution in [3.05, 3.63) is 65.9 Å². The van der Waals surface area contributed by atoms with Gasteiger partial charge in [0.15, 0.2) is 0 Å². The molecule has 2 aromatic heterocycles. The van der Waals surface area contributed by atoms with Gasteiger partial charge in [0.05, 0.1) is 20.3 Å². The number of carbonyl (C=O) groups excluding carboxylic acids is 1. The summed E-state index contributed by atoms with van der Waals surface area (Å²) < 4.78 is 12.3. The van der Waals surface area contributed by atoms with Crippen molar-refractivity contribution in [2.75, 3.05) is 40.4 Å². The minimum absolute atomic E-state index is 0.0256. The zero-order chi connectivity index (χ0) is 21.8. The lowest BCUT2D eigenvalue weighted by Crippen LogP contribution is -2.50. The molecule has 3 heterocycles. The van der Waals surface area contributed by atoms with Gasteiger partial charge in [0.25, 0.3) is 5.91 Å². The first-order valence-corrected chi connectivity index (χ1v) is 10.1. The van der Waals surface area contributed by atoms with Crippen molar-refractivity contribution in [3.8, 4) is 11.9 Å². The van der Waals surface area contributed by atoms with Gasteiger partial charge in [0, 0.05) is 51.7 Å². The van der Waals surface area contributed by atoms with Crippen LogP contribution in [0.25, 0.3) is 0 Å². The first-order valence-electron chi connectivity index (χ1n) is 10.1. The van der Waals surface area contributed by atoms with Crippen LogP contribution in [0.15, 0.2) is 48.8 Å². The van der Waals surface area contributed by atoms with E-state index < -0.39 is 0 Å². The summed E-state index contributed by atoms with van der Waals surface area (Å²) in [6.07, 6.45) is 3.78. The molecule has 3 aromatic rings. The van der Waals surface area contributed by atoms with Crippen LogP contribution in [0.4, 0.5) is 0 Å². The maximum absolute atomic E-state index is 13.1. The van der Waals surface area contributed by atoms with Gasteiger partial charge in [-0.15, -0.1) is 0 Å². The zero-order valence-corrected chi connectivity index (χ0v) is 17.9. The summed E-state index contributed by atoms with van der Waals surface area (Å²) in [5, 5.41) is 0. The van der Waals surface area contributed by atoms with E-state index in [4.69, 9.17) is 9.47 Å². The second kappa shape index (κ2) is 9.13. The van der Waals surface area contributed by atoms with E-state index in [1.807, 2.05) is 37.6 Å². The Labute approximate surface area is 181 Å². The van der Waals surface area contributed by atoms with Crippen molar-refractivity contribution < 1.29 is 14.3 Å². The van der Waals surface area contributed by atoms with Gasteiger partial charge in [-0.25, -0.2) is 4.98 Å². The van der Waals surface area contributed by atoms with Gasteiger partial charge < -0.3 is 18.9 Å². The number of carbonyl (C=O) groups is 1. The highest BCUT2D eigenvalue weighted by atomic mass is 16.5. The number of imidazole rings is 1. The van der Waals surface area contributed by atoms with Crippen LogP contribution in [0, 0.1) is 0 Å². The smallest absolute Gasteiger partial charge is 0.320 e. The Morgan fingerprint density at radius 3 is 2.39 bits per heavy atom. The molecule has 162 valence electrons. The van der Waals surface area contributed by atoms with Gasteiger partial charge >= 0.3 is 6.01 Å². The van der Waals surface area contributed by atoms with Crippen LogP contribution in [0.5, 0.6) is 11.9 Å². The molecular weight excluding hydrogens is 396 g/mol. The lowest BCUT2D eigenvalue weighted by molar-refractivity contribution is 0.0583. The predicted octanol–water partition coefficient (Wildman–Crippen LogP) is 1.77. The molecule has 4 rings (SSSR count). The first-order chi connectivity index (χ1) is 15.1. The number of piperazine rings is 1. The quantitative estimate of drug-likeness (QED) is 0.598. The van der Waals surface area contributed by atoms with Crippen LogP contribution in [-0.4, -0.2) is 75.6 Å². The molecule has 9 nitrogen and oxygen atoms in total. The number of aromatic nitrogens is 4. The minimum Gasteiger partial charge on any atom is -0.481 e. The Morgan fingerprint density at radius 1 is 1.03 bits per heavy atom. The van der Waals surface area contributed by atoms with E-state index in [2.05, 4.69) is 36.6 Å². The van der Waals surface area contributed by atoms with E-state index in [0.717, 1.165) is 18.9 Å². The fourth-order valence-electron chi connectivity index (χ4n) is 3.85. The number of nitrogens with zero attached hydrogens (tertiary/aromatic N) is 6. The number of hydrogen-bond acceptors (Lipinski definition) is 7. The molecule has 0 saturated carbocycles. The lowest BCUT2D eigenvalue weighted by Gasteiger charge is -2.39. The third-order valence-electron chi connectivity index (χ3n) is 5.48. The van der Waals surface area contributed by atoms with E-state index in [1.54, 1.807) is 4.90 Å². The number of hydrogen-bond donors (Lipinski definition) is 0. The first kappa shape index (κ1) is 20.8.